The first kappa shape index (κ1) is 13.5. The van der Waals surface area contributed by atoms with Crippen LogP contribution in [0.25, 0.3) is 0 Å². The van der Waals surface area contributed by atoms with Gasteiger partial charge < -0.3 is 10.1 Å². The van der Waals surface area contributed by atoms with Gasteiger partial charge in [-0.25, -0.2) is 0 Å². The molecule has 100 valence electrons. The van der Waals surface area contributed by atoms with Gasteiger partial charge in [-0.3, -0.25) is 9.69 Å². The number of carbonyl (C=O) groups excluding carboxylic acids is 1. The van der Waals surface area contributed by atoms with Crippen LogP contribution >= 0.6 is 0 Å². The van der Waals surface area contributed by atoms with E-state index in [1.54, 1.807) is 24.3 Å². The Kier molecular flexibility index (Phi) is 4.50. The Morgan fingerprint density at radius 1 is 1.53 bits per heavy atom. The fourth-order valence-corrected chi connectivity index (χ4v) is 2.07. The molecule has 2 rings (SSSR count). The minimum Gasteiger partial charge on any atom is -0.376 e. The summed E-state index contributed by atoms with van der Waals surface area (Å²) >= 11 is 0. The summed E-state index contributed by atoms with van der Waals surface area (Å²) in [5, 5.41) is 11.5. The molecule has 1 heterocycles. The monoisotopic (exact) mass is 259 g/mol. The van der Waals surface area contributed by atoms with E-state index in [-0.39, 0.29) is 12.0 Å². The number of benzene rings is 1. The lowest BCUT2D eigenvalue weighted by Gasteiger charge is -2.30. The Morgan fingerprint density at radius 3 is 2.89 bits per heavy atom. The van der Waals surface area contributed by atoms with Crippen molar-refractivity contribution < 1.29 is 9.53 Å². The van der Waals surface area contributed by atoms with Crippen molar-refractivity contribution in [2.24, 2.45) is 0 Å². The van der Waals surface area contributed by atoms with Crippen LogP contribution in [-0.2, 0) is 9.53 Å². The summed E-state index contributed by atoms with van der Waals surface area (Å²) in [5.41, 5.74) is 1.30. The highest BCUT2D eigenvalue weighted by atomic mass is 16.5. The van der Waals surface area contributed by atoms with Gasteiger partial charge in [-0.05, 0) is 31.2 Å². The maximum absolute atomic E-state index is 11.9. The van der Waals surface area contributed by atoms with Crippen LogP contribution in [0, 0.1) is 11.3 Å². The fourth-order valence-electron chi connectivity index (χ4n) is 2.07. The van der Waals surface area contributed by atoms with Crippen LogP contribution in [0.1, 0.15) is 12.5 Å². The highest BCUT2D eigenvalue weighted by Crippen LogP contribution is 2.09. The third-order valence-corrected chi connectivity index (χ3v) is 2.99. The number of amides is 1. The third-order valence-electron chi connectivity index (χ3n) is 2.99. The molecule has 0 aromatic heterocycles. The van der Waals surface area contributed by atoms with Crippen molar-refractivity contribution in [3.05, 3.63) is 29.8 Å². The van der Waals surface area contributed by atoms with E-state index in [4.69, 9.17) is 10.00 Å². The predicted octanol–water partition coefficient (Wildman–Crippen LogP) is 1.22. The van der Waals surface area contributed by atoms with Crippen LogP contribution in [0.15, 0.2) is 24.3 Å². The Balaban J connectivity index is 1.85. The maximum atomic E-state index is 11.9. The predicted molar refractivity (Wildman–Crippen MR) is 71.6 cm³/mol. The summed E-state index contributed by atoms with van der Waals surface area (Å²) in [7, 11) is 0. The molecule has 1 aromatic rings. The zero-order valence-electron chi connectivity index (χ0n) is 10.9. The van der Waals surface area contributed by atoms with E-state index in [1.807, 2.05) is 13.0 Å². The molecule has 1 aliphatic heterocycles. The van der Waals surface area contributed by atoms with E-state index in [2.05, 4.69) is 10.2 Å². The summed E-state index contributed by atoms with van der Waals surface area (Å²) in [6.07, 6.45) is 0.177. The average Bonchev–Trinajstić information content (AvgIpc) is 2.39. The molecule has 5 nitrogen and oxygen atoms in total. The number of nitrogens with zero attached hydrogens (tertiary/aromatic N) is 2. The van der Waals surface area contributed by atoms with Crippen LogP contribution in [-0.4, -0.2) is 43.2 Å². The second kappa shape index (κ2) is 6.32. The van der Waals surface area contributed by atoms with E-state index in [0.717, 1.165) is 13.1 Å². The van der Waals surface area contributed by atoms with Gasteiger partial charge in [0.25, 0.3) is 0 Å². The maximum Gasteiger partial charge on any atom is 0.238 e. The van der Waals surface area contributed by atoms with Crippen LogP contribution in [0.4, 0.5) is 5.69 Å². The van der Waals surface area contributed by atoms with Gasteiger partial charge in [0.1, 0.15) is 0 Å². The summed E-state index contributed by atoms with van der Waals surface area (Å²) in [4.78, 5) is 14.0. The normalized spacial score (nSPS) is 19.7. The summed E-state index contributed by atoms with van der Waals surface area (Å²) in [5.74, 6) is -0.0428. The lowest BCUT2D eigenvalue weighted by Crippen LogP contribution is -2.44. The number of ether oxygens (including phenoxy) is 1. The highest BCUT2D eigenvalue weighted by Gasteiger charge is 2.18. The van der Waals surface area contributed by atoms with E-state index in [0.29, 0.717) is 24.4 Å². The zero-order valence-corrected chi connectivity index (χ0v) is 10.9. The van der Waals surface area contributed by atoms with Gasteiger partial charge in [-0.1, -0.05) is 0 Å². The molecule has 1 unspecified atom stereocenters. The molecule has 1 atom stereocenters. The SMILES string of the molecule is CC1CN(CC(=O)Nc2ccc(C#N)cc2)CCO1. The first-order valence-corrected chi connectivity index (χ1v) is 6.31. The quantitative estimate of drug-likeness (QED) is 0.886. The number of hydrogen-bond acceptors (Lipinski definition) is 4. The van der Waals surface area contributed by atoms with Crippen molar-refractivity contribution in [3.8, 4) is 6.07 Å². The Morgan fingerprint density at radius 2 is 2.26 bits per heavy atom. The number of carbonyl (C=O) groups is 1. The second-order valence-electron chi connectivity index (χ2n) is 4.65. The lowest BCUT2D eigenvalue weighted by molar-refractivity contribution is -0.119. The van der Waals surface area contributed by atoms with Crippen molar-refractivity contribution in [2.45, 2.75) is 13.0 Å². The van der Waals surface area contributed by atoms with Gasteiger partial charge in [0.2, 0.25) is 5.91 Å². The van der Waals surface area contributed by atoms with Gasteiger partial charge in [0.05, 0.1) is 30.9 Å². The van der Waals surface area contributed by atoms with E-state index >= 15 is 0 Å². The average molecular weight is 259 g/mol. The van der Waals surface area contributed by atoms with Crippen molar-refractivity contribution >= 4 is 11.6 Å². The first-order valence-electron chi connectivity index (χ1n) is 6.31. The van der Waals surface area contributed by atoms with E-state index < -0.39 is 0 Å². The number of nitrogens with one attached hydrogen (secondary N) is 1. The van der Waals surface area contributed by atoms with Gasteiger partial charge in [0.15, 0.2) is 0 Å². The minimum absolute atomic E-state index is 0.0428. The molecule has 1 aromatic carbocycles. The molecule has 0 radical (unpaired) electrons. The summed E-state index contributed by atoms with van der Waals surface area (Å²) < 4.78 is 5.43. The largest absolute Gasteiger partial charge is 0.376 e. The highest BCUT2D eigenvalue weighted by molar-refractivity contribution is 5.92. The Hall–Kier alpha value is -1.90. The molecular weight excluding hydrogens is 242 g/mol. The van der Waals surface area contributed by atoms with Crippen LogP contribution in [0.3, 0.4) is 0 Å². The van der Waals surface area contributed by atoms with Gasteiger partial charge in [0, 0.05) is 18.8 Å². The molecule has 1 N–H and O–H groups in total. The van der Waals surface area contributed by atoms with Crippen LogP contribution in [0.5, 0.6) is 0 Å². The third kappa shape index (κ3) is 4.05. The summed E-state index contributed by atoms with van der Waals surface area (Å²) in [6.45, 7) is 4.61. The molecule has 1 amide bonds. The molecule has 0 saturated carbocycles. The number of nitriles is 1. The van der Waals surface area contributed by atoms with Crippen molar-refractivity contribution in [1.29, 1.82) is 5.26 Å². The van der Waals surface area contributed by atoms with Crippen LogP contribution < -0.4 is 5.32 Å². The number of rotatable bonds is 3. The van der Waals surface area contributed by atoms with Crippen molar-refractivity contribution in [2.75, 3.05) is 31.6 Å². The standard InChI is InChI=1S/C14H17N3O2/c1-11-9-17(6-7-19-11)10-14(18)16-13-4-2-12(8-15)3-5-13/h2-5,11H,6-7,9-10H2,1H3,(H,16,18). The number of anilines is 1. The number of morpholine rings is 1. The Bertz CT molecular complexity index is 478. The molecule has 5 heteroatoms. The second-order valence-corrected chi connectivity index (χ2v) is 4.65. The number of hydrogen-bond donors (Lipinski definition) is 1. The molecule has 0 bridgehead atoms. The van der Waals surface area contributed by atoms with E-state index in [1.165, 1.54) is 0 Å². The topological polar surface area (TPSA) is 65.4 Å². The van der Waals surface area contributed by atoms with Gasteiger partial charge in [-0.15, -0.1) is 0 Å². The Labute approximate surface area is 112 Å². The first-order chi connectivity index (χ1) is 9.17. The minimum atomic E-state index is -0.0428. The van der Waals surface area contributed by atoms with Gasteiger partial charge >= 0.3 is 0 Å². The van der Waals surface area contributed by atoms with Crippen LogP contribution in [0.2, 0.25) is 0 Å². The molecular formula is C14H17N3O2. The molecule has 1 saturated heterocycles. The van der Waals surface area contributed by atoms with Gasteiger partial charge in [-0.2, -0.15) is 5.26 Å². The summed E-state index contributed by atoms with van der Waals surface area (Å²) in [6, 6.07) is 8.89. The van der Waals surface area contributed by atoms with Crippen molar-refractivity contribution in [1.82, 2.24) is 4.90 Å². The smallest absolute Gasteiger partial charge is 0.238 e. The molecule has 19 heavy (non-hydrogen) atoms. The fraction of sp³-hybridized carbons (Fsp3) is 0.429. The molecule has 1 fully saturated rings. The molecule has 1 aliphatic rings. The molecule has 0 aliphatic carbocycles. The lowest BCUT2D eigenvalue weighted by atomic mass is 10.2. The zero-order chi connectivity index (χ0) is 13.7. The van der Waals surface area contributed by atoms with E-state index in [9.17, 15) is 4.79 Å². The molecule has 0 spiro atoms. The van der Waals surface area contributed by atoms with Crippen molar-refractivity contribution in [3.63, 3.8) is 0 Å².